The molecular weight excluding hydrogens is 303 g/mol. The second-order valence-corrected chi connectivity index (χ2v) is 5.25. The lowest BCUT2D eigenvalue weighted by Gasteiger charge is -2.04. The van der Waals surface area contributed by atoms with Gasteiger partial charge in [-0.3, -0.25) is 0 Å². The van der Waals surface area contributed by atoms with Crippen LogP contribution in [0.15, 0.2) is 46.0 Å². The highest BCUT2D eigenvalue weighted by Crippen LogP contribution is 2.27. The van der Waals surface area contributed by atoms with Gasteiger partial charge in [0.25, 0.3) is 0 Å². The summed E-state index contributed by atoms with van der Waals surface area (Å²) in [4.78, 5) is 4.19. The first-order chi connectivity index (χ1) is 8.16. The van der Waals surface area contributed by atoms with Crippen LogP contribution in [0, 0.1) is 5.82 Å². The van der Waals surface area contributed by atoms with E-state index in [1.807, 2.05) is 6.07 Å². The minimum atomic E-state index is -0.254. The number of aromatic nitrogens is 1. The standard InChI is InChI=1S/C12H10BrFN2S/c13-9-6-8(3-4-10(9)14)7-17-12-11(15)2-1-5-16-12/h1-6H,7,15H2. The Morgan fingerprint density at radius 3 is 2.88 bits per heavy atom. The molecule has 2 aromatic rings. The molecule has 2 nitrogen and oxygen atoms in total. The maximum atomic E-state index is 13.0. The first-order valence-electron chi connectivity index (χ1n) is 4.94. The number of benzene rings is 1. The summed E-state index contributed by atoms with van der Waals surface area (Å²) in [5.74, 6) is 0.455. The third kappa shape index (κ3) is 3.20. The van der Waals surface area contributed by atoms with Crippen molar-refractivity contribution in [2.45, 2.75) is 10.8 Å². The fourth-order valence-corrected chi connectivity index (χ4v) is 2.58. The van der Waals surface area contributed by atoms with E-state index >= 15 is 0 Å². The third-order valence-electron chi connectivity index (χ3n) is 2.16. The van der Waals surface area contributed by atoms with Gasteiger partial charge in [0.05, 0.1) is 10.2 Å². The molecule has 1 heterocycles. The maximum Gasteiger partial charge on any atom is 0.137 e. The zero-order chi connectivity index (χ0) is 12.3. The van der Waals surface area contributed by atoms with Crippen molar-refractivity contribution < 1.29 is 4.39 Å². The van der Waals surface area contributed by atoms with E-state index in [0.717, 1.165) is 10.6 Å². The molecule has 1 aromatic heterocycles. The number of rotatable bonds is 3. The number of pyridine rings is 1. The lowest BCUT2D eigenvalue weighted by Crippen LogP contribution is -1.91. The average molecular weight is 313 g/mol. The van der Waals surface area contributed by atoms with Gasteiger partial charge in [-0.05, 0) is 45.8 Å². The Morgan fingerprint density at radius 1 is 1.35 bits per heavy atom. The summed E-state index contributed by atoms with van der Waals surface area (Å²) in [6.07, 6.45) is 1.71. The molecule has 0 atom stereocenters. The zero-order valence-corrected chi connectivity index (χ0v) is 11.3. The monoisotopic (exact) mass is 312 g/mol. The van der Waals surface area contributed by atoms with Crippen LogP contribution in [0.3, 0.4) is 0 Å². The summed E-state index contributed by atoms with van der Waals surface area (Å²) < 4.78 is 13.5. The summed E-state index contributed by atoms with van der Waals surface area (Å²) in [5.41, 5.74) is 7.47. The molecule has 0 aliphatic heterocycles. The van der Waals surface area contributed by atoms with Gasteiger partial charge in [0, 0.05) is 11.9 Å². The average Bonchev–Trinajstić information content (AvgIpc) is 2.32. The van der Waals surface area contributed by atoms with Crippen molar-refractivity contribution in [1.29, 1.82) is 0 Å². The molecule has 0 aliphatic rings. The van der Waals surface area contributed by atoms with E-state index in [4.69, 9.17) is 5.73 Å². The Bertz CT molecular complexity index is 534. The normalized spacial score (nSPS) is 10.5. The van der Waals surface area contributed by atoms with Crippen LogP contribution in [0.25, 0.3) is 0 Å². The van der Waals surface area contributed by atoms with Crippen molar-refractivity contribution in [3.63, 3.8) is 0 Å². The molecule has 0 aliphatic carbocycles. The molecular formula is C12H10BrFN2S. The first-order valence-corrected chi connectivity index (χ1v) is 6.72. The van der Waals surface area contributed by atoms with Crippen LogP contribution in [-0.4, -0.2) is 4.98 Å². The van der Waals surface area contributed by atoms with Crippen LogP contribution >= 0.6 is 27.7 Å². The quantitative estimate of drug-likeness (QED) is 0.875. The molecule has 17 heavy (non-hydrogen) atoms. The van der Waals surface area contributed by atoms with Crippen LogP contribution in [0.5, 0.6) is 0 Å². The molecule has 0 unspecified atom stereocenters. The predicted octanol–water partition coefficient (Wildman–Crippen LogP) is 3.86. The second kappa shape index (κ2) is 5.51. The molecule has 0 saturated heterocycles. The van der Waals surface area contributed by atoms with Crippen LogP contribution in [0.1, 0.15) is 5.56 Å². The van der Waals surface area contributed by atoms with E-state index in [0.29, 0.717) is 15.9 Å². The van der Waals surface area contributed by atoms with Gasteiger partial charge in [0.15, 0.2) is 0 Å². The molecule has 2 N–H and O–H groups in total. The summed E-state index contributed by atoms with van der Waals surface area (Å²) >= 11 is 4.70. The topological polar surface area (TPSA) is 38.9 Å². The van der Waals surface area contributed by atoms with E-state index in [9.17, 15) is 4.39 Å². The highest BCUT2D eigenvalue weighted by Gasteiger charge is 2.04. The summed E-state index contributed by atoms with van der Waals surface area (Å²) in [5, 5.41) is 0.799. The summed E-state index contributed by atoms with van der Waals surface area (Å²) in [6, 6.07) is 8.58. The number of anilines is 1. The molecule has 0 fully saturated rings. The van der Waals surface area contributed by atoms with Crippen molar-refractivity contribution in [2.75, 3.05) is 5.73 Å². The van der Waals surface area contributed by atoms with Crippen molar-refractivity contribution in [2.24, 2.45) is 0 Å². The largest absolute Gasteiger partial charge is 0.397 e. The van der Waals surface area contributed by atoms with Crippen molar-refractivity contribution in [1.82, 2.24) is 4.98 Å². The van der Waals surface area contributed by atoms with Crippen molar-refractivity contribution in [3.05, 3.63) is 52.4 Å². The Hall–Kier alpha value is -1.07. The molecule has 0 radical (unpaired) electrons. The fourth-order valence-electron chi connectivity index (χ4n) is 1.30. The first kappa shape index (κ1) is 12.4. The number of hydrogen-bond acceptors (Lipinski definition) is 3. The summed E-state index contributed by atoms with van der Waals surface area (Å²) in [7, 11) is 0. The maximum absolute atomic E-state index is 13.0. The highest BCUT2D eigenvalue weighted by molar-refractivity contribution is 9.10. The van der Waals surface area contributed by atoms with E-state index in [-0.39, 0.29) is 5.82 Å². The molecule has 5 heteroatoms. The van der Waals surface area contributed by atoms with Crippen LogP contribution < -0.4 is 5.73 Å². The van der Waals surface area contributed by atoms with Gasteiger partial charge in [-0.15, -0.1) is 0 Å². The van der Waals surface area contributed by atoms with Gasteiger partial charge < -0.3 is 5.73 Å². The predicted molar refractivity (Wildman–Crippen MR) is 72.3 cm³/mol. The van der Waals surface area contributed by atoms with Crippen LogP contribution in [0.4, 0.5) is 10.1 Å². The number of halogens is 2. The number of nitrogens with two attached hydrogens (primary N) is 1. The lowest BCUT2D eigenvalue weighted by atomic mass is 10.2. The fraction of sp³-hybridized carbons (Fsp3) is 0.0833. The van der Waals surface area contributed by atoms with Gasteiger partial charge >= 0.3 is 0 Å². The molecule has 0 bridgehead atoms. The zero-order valence-electron chi connectivity index (χ0n) is 8.86. The van der Waals surface area contributed by atoms with Gasteiger partial charge in [0.2, 0.25) is 0 Å². The Kier molecular flexibility index (Phi) is 4.02. The van der Waals surface area contributed by atoms with E-state index in [1.165, 1.54) is 17.8 Å². The number of nitrogens with zero attached hydrogens (tertiary/aromatic N) is 1. The minimum absolute atomic E-state index is 0.254. The second-order valence-electron chi connectivity index (χ2n) is 3.43. The molecule has 88 valence electrons. The SMILES string of the molecule is Nc1cccnc1SCc1ccc(F)c(Br)c1. The van der Waals surface area contributed by atoms with Crippen LogP contribution in [-0.2, 0) is 5.75 Å². The molecule has 0 amide bonds. The van der Waals surface area contributed by atoms with Crippen molar-refractivity contribution in [3.8, 4) is 0 Å². The van der Waals surface area contributed by atoms with E-state index < -0.39 is 0 Å². The number of thioether (sulfide) groups is 1. The molecule has 1 aromatic carbocycles. The van der Waals surface area contributed by atoms with Crippen molar-refractivity contribution >= 4 is 33.4 Å². The lowest BCUT2D eigenvalue weighted by molar-refractivity contribution is 0.620. The smallest absolute Gasteiger partial charge is 0.137 e. The Labute approximate surface area is 112 Å². The molecule has 2 rings (SSSR count). The summed E-state index contributed by atoms with van der Waals surface area (Å²) in [6.45, 7) is 0. The minimum Gasteiger partial charge on any atom is -0.397 e. The number of hydrogen-bond donors (Lipinski definition) is 1. The molecule has 0 saturated carbocycles. The van der Waals surface area contributed by atoms with Gasteiger partial charge in [0.1, 0.15) is 10.8 Å². The van der Waals surface area contributed by atoms with Gasteiger partial charge in [-0.1, -0.05) is 17.8 Å². The van der Waals surface area contributed by atoms with E-state index in [2.05, 4.69) is 20.9 Å². The van der Waals surface area contributed by atoms with Gasteiger partial charge in [-0.25, -0.2) is 9.37 Å². The molecule has 0 spiro atoms. The van der Waals surface area contributed by atoms with Crippen LogP contribution in [0.2, 0.25) is 0 Å². The van der Waals surface area contributed by atoms with E-state index in [1.54, 1.807) is 24.4 Å². The Balaban J connectivity index is 2.08. The third-order valence-corrected chi connectivity index (χ3v) is 3.86. The highest BCUT2D eigenvalue weighted by atomic mass is 79.9. The number of nitrogen functional groups attached to an aromatic ring is 1. The van der Waals surface area contributed by atoms with Gasteiger partial charge in [-0.2, -0.15) is 0 Å². The Morgan fingerprint density at radius 2 is 2.18 bits per heavy atom.